The third-order valence-electron chi connectivity index (χ3n) is 4.53. The summed E-state index contributed by atoms with van der Waals surface area (Å²) in [6, 6.07) is 2.49. The molecule has 0 bridgehead atoms. The van der Waals surface area contributed by atoms with Crippen LogP contribution >= 0.6 is 0 Å². The van der Waals surface area contributed by atoms with Gasteiger partial charge in [0.15, 0.2) is 0 Å². The van der Waals surface area contributed by atoms with E-state index in [1.54, 1.807) is 13.8 Å². The van der Waals surface area contributed by atoms with Crippen LogP contribution in [0.3, 0.4) is 0 Å². The normalized spacial score (nSPS) is 18.7. The zero-order valence-electron chi connectivity index (χ0n) is 15.8. The Labute approximate surface area is 157 Å². The topological polar surface area (TPSA) is 114 Å². The molecule has 1 saturated heterocycles. The monoisotopic (exact) mass is 380 g/mol. The molecule has 1 unspecified atom stereocenters. The van der Waals surface area contributed by atoms with Gasteiger partial charge in [-0.3, -0.25) is 4.79 Å². The molecule has 1 heterocycles. The predicted molar refractivity (Wildman–Crippen MR) is 96.5 cm³/mol. The van der Waals surface area contributed by atoms with Gasteiger partial charge in [-0.25, -0.2) is 9.59 Å². The van der Waals surface area contributed by atoms with E-state index in [0.717, 1.165) is 0 Å². The summed E-state index contributed by atoms with van der Waals surface area (Å²) in [5.74, 6) is -1.02. The Kier molecular flexibility index (Phi) is 6.14. The van der Waals surface area contributed by atoms with Crippen molar-refractivity contribution in [2.45, 2.75) is 20.3 Å². The van der Waals surface area contributed by atoms with Gasteiger partial charge in [-0.15, -0.1) is 0 Å². The average Bonchev–Trinajstić information content (AvgIpc) is 3.05. The molecule has 27 heavy (non-hydrogen) atoms. The van der Waals surface area contributed by atoms with Crippen molar-refractivity contribution in [1.29, 1.82) is 0 Å². The van der Waals surface area contributed by atoms with Gasteiger partial charge in [0.2, 0.25) is 0 Å². The number of carboxylic acid groups (broad SMARTS) is 1. The summed E-state index contributed by atoms with van der Waals surface area (Å²) in [6.45, 7) is 3.79. The van der Waals surface area contributed by atoms with Crippen molar-refractivity contribution in [2.75, 3.05) is 39.2 Å². The molecule has 0 aromatic heterocycles. The number of ether oxygens (including phenoxy) is 3. The Bertz CT molecular complexity index is 749. The number of benzene rings is 1. The van der Waals surface area contributed by atoms with E-state index in [1.807, 2.05) is 0 Å². The van der Waals surface area contributed by atoms with Crippen LogP contribution in [0.5, 0.6) is 11.5 Å². The summed E-state index contributed by atoms with van der Waals surface area (Å²) in [7, 11) is 2.84. The van der Waals surface area contributed by atoms with Crippen molar-refractivity contribution in [3.05, 3.63) is 17.7 Å². The summed E-state index contributed by atoms with van der Waals surface area (Å²) in [6.07, 6.45) is 0.349. The van der Waals surface area contributed by atoms with Crippen LogP contribution in [0.4, 0.5) is 10.5 Å². The minimum absolute atomic E-state index is 0.0636. The van der Waals surface area contributed by atoms with Crippen LogP contribution in [0.15, 0.2) is 12.1 Å². The second-order valence-corrected chi connectivity index (χ2v) is 6.44. The lowest BCUT2D eigenvalue weighted by Crippen LogP contribution is -2.37. The quantitative estimate of drug-likeness (QED) is 0.727. The number of carbonyl (C=O) groups is 3. The van der Waals surface area contributed by atoms with Crippen LogP contribution in [0.1, 0.15) is 30.6 Å². The first kappa shape index (κ1) is 20.3. The number of carbonyl (C=O) groups excluding carboxylic acids is 2. The number of likely N-dealkylation sites (tertiary alicyclic amines) is 1. The van der Waals surface area contributed by atoms with Gasteiger partial charge in [0, 0.05) is 25.2 Å². The first-order chi connectivity index (χ1) is 12.8. The molecule has 9 nitrogen and oxygen atoms in total. The predicted octanol–water partition coefficient (Wildman–Crippen LogP) is 2.21. The molecule has 1 atom stereocenters. The van der Waals surface area contributed by atoms with Gasteiger partial charge in [0.25, 0.3) is 0 Å². The van der Waals surface area contributed by atoms with Crippen molar-refractivity contribution in [2.24, 2.45) is 5.41 Å². The molecule has 9 heteroatoms. The molecule has 0 spiro atoms. The fraction of sp³-hybridized carbons (Fsp3) is 0.500. The molecule has 0 saturated carbocycles. The lowest BCUT2D eigenvalue weighted by molar-refractivity contribution is -0.146. The number of aliphatic carboxylic acids is 1. The van der Waals surface area contributed by atoms with E-state index >= 15 is 0 Å². The molecule has 1 fully saturated rings. The molecule has 2 N–H and O–H groups in total. The summed E-state index contributed by atoms with van der Waals surface area (Å²) in [5, 5.41) is 12.0. The number of anilines is 1. The highest BCUT2D eigenvalue weighted by Gasteiger charge is 2.42. The van der Waals surface area contributed by atoms with Crippen molar-refractivity contribution < 1.29 is 33.7 Å². The molecule has 1 aromatic carbocycles. The number of methoxy groups -OCH3 is 2. The van der Waals surface area contributed by atoms with Gasteiger partial charge in [0.05, 0.1) is 31.9 Å². The molecular weight excluding hydrogens is 356 g/mol. The highest BCUT2D eigenvalue weighted by molar-refractivity contribution is 6.03. The van der Waals surface area contributed by atoms with Crippen LogP contribution in [-0.2, 0) is 9.53 Å². The Morgan fingerprint density at radius 2 is 1.96 bits per heavy atom. The number of esters is 1. The number of hydrogen-bond acceptors (Lipinski definition) is 6. The zero-order valence-corrected chi connectivity index (χ0v) is 15.8. The molecular formula is C18H24N2O7. The number of amides is 2. The smallest absolute Gasteiger partial charge is 0.344 e. The van der Waals surface area contributed by atoms with E-state index in [4.69, 9.17) is 14.2 Å². The molecule has 2 rings (SSSR count). The van der Waals surface area contributed by atoms with E-state index in [1.165, 1.54) is 31.3 Å². The van der Waals surface area contributed by atoms with Crippen LogP contribution in [0, 0.1) is 5.41 Å². The number of urea groups is 1. The minimum atomic E-state index is -0.993. The lowest BCUT2D eigenvalue weighted by atomic mass is 9.90. The van der Waals surface area contributed by atoms with E-state index in [0.29, 0.717) is 18.7 Å². The highest BCUT2D eigenvalue weighted by atomic mass is 16.5. The molecule has 2 amide bonds. The number of nitrogens with zero attached hydrogens (tertiary/aromatic N) is 1. The van der Waals surface area contributed by atoms with Gasteiger partial charge in [-0.05, 0) is 20.3 Å². The summed E-state index contributed by atoms with van der Waals surface area (Å²) in [5.41, 5.74) is -0.764. The number of carboxylic acids is 1. The maximum Gasteiger partial charge on any atom is 0.344 e. The SMILES string of the molecule is CCOC(=O)c1c(NC(=O)N2CCC(C)(C(=O)O)C2)cc(OC)cc1OC. The second-order valence-electron chi connectivity index (χ2n) is 6.44. The fourth-order valence-corrected chi connectivity index (χ4v) is 2.88. The van der Waals surface area contributed by atoms with Crippen molar-refractivity contribution in [1.82, 2.24) is 4.90 Å². The standard InChI is InChI=1S/C18H24N2O7/c1-5-27-15(21)14-12(8-11(25-3)9-13(14)26-4)19-17(24)20-7-6-18(2,10-20)16(22)23/h8-9H,5-7,10H2,1-4H3,(H,19,24)(H,22,23). The zero-order chi connectivity index (χ0) is 20.2. The molecule has 1 aliphatic heterocycles. The van der Waals surface area contributed by atoms with Gasteiger partial charge >= 0.3 is 18.0 Å². The molecule has 0 aliphatic carbocycles. The van der Waals surface area contributed by atoms with E-state index in [-0.39, 0.29) is 30.2 Å². The summed E-state index contributed by atoms with van der Waals surface area (Å²) in [4.78, 5) is 37.8. The van der Waals surface area contributed by atoms with Crippen molar-refractivity contribution >= 4 is 23.7 Å². The third-order valence-corrected chi connectivity index (χ3v) is 4.53. The Morgan fingerprint density at radius 1 is 1.26 bits per heavy atom. The van der Waals surface area contributed by atoms with Gasteiger partial charge < -0.3 is 29.5 Å². The molecule has 0 radical (unpaired) electrons. The van der Waals surface area contributed by atoms with Crippen LogP contribution < -0.4 is 14.8 Å². The Hall–Kier alpha value is -2.97. The van der Waals surface area contributed by atoms with Crippen LogP contribution in [0.25, 0.3) is 0 Å². The Morgan fingerprint density at radius 3 is 2.48 bits per heavy atom. The third kappa shape index (κ3) is 4.24. The maximum absolute atomic E-state index is 12.6. The number of hydrogen-bond donors (Lipinski definition) is 2. The number of nitrogens with one attached hydrogen (secondary N) is 1. The minimum Gasteiger partial charge on any atom is -0.497 e. The first-order valence-corrected chi connectivity index (χ1v) is 8.48. The molecule has 148 valence electrons. The largest absolute Gasteiger partial charge is 0.497 e. The van der Waals surface area contributed by atoms with E-state index < -0.39 is 23.4 Å². The first-order valence-electron chi connectivity index (χ1n) is 8.48. The van der Waals surface area contributed by atoms with Gasteiger partial charge in [-0.1, -0.05) is 0 Å². The summed E-state index contributed by atoms with van der Waals surface area (Å²) >= 11 is 0. The van der Waals surface area contributed by atoms with E-state index in [2.05, 4.69) is 5.32 Å². The molecule has 1 aromatic rings. The van der Waals surface area contributed by atoms with Crippen molar-refractivity contribution in [3.63, 3.8) is 0 Å². The van der Waals surface area contributed by atoms with Crippen LogP contribution in [-0.4, -0.2) is 61.9 Å². The fourth-order valence-electron chi connectivity index (χ4n) is 2.88. The lowest BCUT2D eigenvalue weighted by Gasteiger charge is -2.22. The average molecular weight is 380 g/mol. The number of rotatable bonds is 6. The van der Waals surface area contributed by atoms with E-state index in [9.17, 15) is 19.5 Å². The van der Waals surface area contributed by atoms with Gasteiger partial charge in [0.1, 0.15) is 17.1 Å². The van der Waals surface area contributed by atoms with Gasteiger partial charge in [-0.2, -0.15) is 0 Å². The van der Waals surface area contributed by atoms with Crippen molar-refractivity contribution in [3.8, 4) is 11.5 Å². The molecule has 1 aliphatic rings. The summed E-state index contributed by atoms with van der Waals surface area (Å²) < 4.78 is 15.5. The second kappa shape index (κ2) is 8.15. The van der Waals surface area contributed by atoms with Crippen LogP contribution in [0.2, 0.25) is 0 Å². The Balaban J connectivity index is 2.32. The maximum atomic E-state index is 12.6. The highest BCUT2D eigenvalue weighted by Crippen LogP contribution is 2.35.